The first-order chi connectivity index (χ1) is 11.3. The van der Waals surface area contributed by atoms with Crippen molar-refractivity contribution in [2.75, 3.05) is 33.4 Å². The molecule has 1 atom stereocenters. The number of morpholine rings is 1. The normalized spacial score (nSPS) is 17.8. The molecule has 1 aliphatic heterocycles. The molecule has 6 nitrogen and oxygen atoms in total. The lowest BCUT2D eigenvalue weighted by molar-refractivity contribution is -0.0408. The van der Waals surface area contributed by atoms with Gasteiger partial charge in [0.2, 0.25) is 0 Å². The van der Waals surface area contributed by atoms with E-state index in [1.807, 2.05) is 24.3 Å². The molecule has 23 heavy (non-hydrogen) atoms. The molecule has 0 spiro atoms. The zero-order chi connectivity index (χ0) is 16.1. The molecule has 0 saturated carbocycles. The summed E-state index contributed by atoms with van der Waals surface area (Å²) in [7, 11) is 1.62. The summed E-state index contributed by atoms with van der Waals surface area (Å²) < 4.78 is 21.7. The molecule has 0 N–H and O–H groups in total. The van der Waals surface area contributed by atoms with Crippen LogP contribution in [-0.2, 0) is 4.74 Å². The second kappa shape index (κ2) is 7.19. The Bertz CT molecular complexity index is 623. The van der Waals surface area contributed by atoms with E-state index in [0.717, 1.165) is 11.5 Å². The minimum Gasteiger partial charge on any atom is -0.497 e. The number of carbonyl (C=O) groups excluding carboxylic acids is 1. The maximum Gasteiger partial charge on any atom is 0.289 e. The Kier molecular flexibility index (Phi) is 4.83. The summed E-state index contributed by atoms with van der Waals surface area (Å²) in [6.07, 6.45) is 1.34. The summed E-state index contributed by atoms with van der Waals surface area (Å²) >= 11 is 0. The molecular weight excluding hydrogens is 298 g/mol. The number of methoxy groups -OCH3 is 1. The topological polar surface area (TPSA) is 61.1 Å². The van der Waals surface area contributed by atoms with Gasteiger partial charge in [0.05, 0.1) is 26.5 Å². The number of carbonyl (C=O) groups is 1. The van der Waals surface area contributed by atoms with Crippen LogP contribution in [0.4, 0.5) is 0 Å². The second-order valence-electron chi connectivity index (χ2n) is 5.21. The lowest BCUT2D eigenvalue weighted by Gasteiger charge is -2.32. The number of furan rings is 1. The van der Waals surface area contributed by atoms with E-state index in [4.69, 9.17) is 18.6 Å². The first-order valence-corrected chi connectivity index (χ1v) is 7.47. The molecule has 1 aromatic heterocycles. The Morgan fingerprint density at radius 2 is 2.04 bits per heavy atom. The molecule has 1 aromatic carbocycles. The molecule has 6 heteroatoms. The van der Waals surface area contributed by atoms with Crippen LogP contribution in [-0.4, -0.2) is 50.3 Å². The van der Waals surface area contributed by atoms with Crippen molar-refractivity contribution < 1.29 is 23.4 Å². The van der Waals surface area contributed by atoms with Crippen molar-refractivity contribution in [2.45, 2.75) is 6.10 Å². The highest BCUT2D eigenvalue weighted by Crippen LogP contribution is 2.18. The zero-order valence-corrected chi connectivity index (χ0v) is 12.9. The van der Waals surface area contributed by atoms with Crippen LogP contribution >= 0.6 is 0 Å². The van der Waals surface area contributed by atoms with Crippen LogP contribution in [0.1, 0.15) is 10.6 Å². The van der Waals surface area contributed by atoms with E-state index in [1.165, 1.54) is 6.26 Å². The van der Waals surface area contributed by atoms with E-state index in [0.29, 0.717) is 32.1 Å². The highest BCUT2D eigenvalue weighted by Gasteiger charge is 2.26. The van der Waals surface area contributed by atoms with Crippen LogP contribution in [0.2, 0.25) is 0 Å². The maximum atomic E-state index is 12.3. The summed E-state index contributed by atoms with van der Waals surface area (Å²) in [4.78, 5) is 14.0. The van der Waals surface area contributed by atoms with Crippen LogP contribution in [0, 0.1) is 0 Å². The van der Waals surface area contributed by atoms with Gasteiger partial charge in [0.15, 0.2) is 5.76 Å². The summed E-state index contributed by atoms with van der Waals surface area (Å²) in [5, 5.41) is 0. The quantitative estimate of drug-likeness (QED) is 0.846. The molecule has 1 saturated heterocycles. The molecule has 0 radical (unpaired) electrons. The van der Waals surface area contributed by atoms with Crippen LogP contribution in [0.15, 0.2) is 47.1 Å². The number of amides is 1. The average Bonchev–Trinajstić information content (AvgIpc) is 3.14. The van der Waals surface area contributed by atoms with E-state index in [1.54, 1.807) is 24.1 Å². The average molecular weight is 317 g/mol. The molecule has 2 heterocycles. The first-order valence-electron chi connectivity index (χ1n) is 7.47. The Morgan fingerprint density at radius 1 is 1.26 bits per heavy atom. The Morgan fingerprint density at radius 3 is 2.74 bits per heavy atom. The van der Waals surface area contributed by atoms with Gasteiger partial charge in [-0.2, -0.15) is 0 Å². The van der Waals surface area contributed by atoms with Crippen molar-refractivity contribution in [3.63, 3.8) is 0 Å². The third kappa shape index (κ3) is 3.84. The van der Waals surface area contributed by atoms with Crippen LogP contribution in [0.3, 0.4) is 0 Å². The number of hydrogen-bond acceptors (Lipinski definition) is 5. The lowest BCUT2D eigenvalue weighted by atomic mass is 10.2. The van der Waals surface area contributed by atoms with Crippen molar-refractivity contribution in [3.8, 4) is 11.5 Å². The van der Waals surface area contributed by atoms with Gasteiger partial charge in [-0.1, -0.05) is 0 Å². The van der Waals surface area contributed by atoms with Gasteiger partial charge in [0, 0.05) is 6.54 Å². The first kappa shape index (κ1) is 15.4. The van der Waals surface area contributed by atoms with Gasteiger partial charge in [0.1, 0.15) is 24.2 Å². The fourth-order valence-electron chi connectivity index (χ4n) is 2.42. The van der Waals surface area contributed by atoms with E-state index >= 15 is 0 Å². The molecule has 1 amide bonds. The molecule has 2 aromatic rings. The van der Waals surface area contributed by atoms with Gasteiger partial charge >= 0.3 is 0 Å². The van der Waals surface area contributed by atoms with Gasteiger partial charge in [0.25, 0.3) is 5.91 Å². The van der Waals surface area contributed by atoms with Crippen LogP contribution in [0.25, 0.3) is 0 Å². The summed E-state index contributed by atoms with van der Waals surface area (Å²) in [6, 6.07) is 10.7. The second-order valence-corrected chi connectivity index (χ2v) is 5.21. The molecule has 122 valence electrons. The molecule has 1 fully saturated rings. The minimum absolute atomic E-state index is 0.118. The van der Waals surface area contributed by atoms with E-state index < -0.39 is 0 Å². The molecule has 0 bridgehead atoms. The van der Waals surface area contributed by atoms with Crippen molar-refractivity contribution >= 4 is 5.91 Å². The number of hydrogen-bond donors (Lipinski definition) is 0. The fourth-order valence-corrected chi connectivity index (χ4v) is 2.42. The van der Waals surface area contributed by atoms with Crippen LogP contribution in [0.5, 0.6) is 11.5 Å². The van der Waals surface area contributed by atoms with Crippen molar-refractivity contribution in [2.24, 2.45) is 0 Å². The number of nitrogens with zero attached hydrogens (tertiary/aromatic N) is 1. The SMILES string of the molecule is COc1ccc(OCC2CN(C(=O)c3ccco3)CCO2)cc1. The maximum absolute atomic E-state index is 12.3. The number of ether oxygens (including phenoxy) is 3. The largest absolute Gasteiger partial charge is 0.497 e. The third-order valence-electron chi connectivity index (χ3n) is 3.65. The molecule has 3 rings (SSSR count). The van der Waals surface area contributed by atoms with Gasteiger partial charge < -0.3 is 23.5 Å². The number of rotatable bonds is 5. The summed E-state index contributed by atoms with van der Waals surface area (Å²) in [6.45, 7) is 1.91. The smallest absolute Gasteiger partial charge is 0.289 e. The summed E-state index contributed by atoms with van der Waals surface area (Å²) in [5.74, 6) is 1.75. The van der Waals surface area contributed by atoms with Gasteiger partial charge in [-0.15, -0.1) is 0 Å². The van der Waals surface area contributed by atoms with E-state index in [-0.39, 0.29) is 12.0 Å². The van der Waals surface area contributed by atoms with Gasteiger partial charge in [-0.05, 0) is 36.4 Å². The minimum atomic E-state index is -0.162. The van der Waals surface area contributed by atoms with Crippen molar-refractivity contribution in [1.29, 1.82) is 0 Å². The monoisotopic (exact) mass is 317 g/mol. The van der Waals surface area contributed by atoms with E-state index in [9.17, 15) is 4.79 Å². The molecule has 0 aliphatic carbocycles. The third-order valence-corrected chi connectivity index (χ3v) is 3.65. The zero-order valence-electron chi connectivity index (χ0n) is 12.9. The van der Waals surface area contributed by atoms with E-state index in [2.05, 4.69) is 0 Å². The number of benzene rings is 1. The Balaban J connectivity index is 1.53. The molecular formula is C17H19NO5. The van der Waals surface area contributed by atoms with Crippen molar-refractivity contribution in [1.82, 2.24) is 4.90 Å². The molecule has 1 unspecified atom stereocenters. The predicted octanol–water partition coefficient (Wildman–Crippen LogP) is 2.21. The Hall–Kier alpha value is -2.47. The lowest BCUT2D eigenvalue weighted by Crippen LogP contribution is -2.47. The van der Waals surface area contributed by atoms with Gasteiger partial charge in [-0.3, -0.25) is 4.79 Å². The highest BCUT2D eigenvalue weighted by atomic mass is 16.5. The van der Waals surface area contributed by atoms with Gasteiger partial charge in [-0.25, -0.2) is 0 Å². The summed E-state index contributed by atoms with van der Waals surface area (Å²) in [5.41, 5.74) is 0. The Labute approximate surface area is 134 Å². The highest BCUT2D eigenvalue weighted by molar-refractivity contribution is 5.91. The predicted molar refractivity (Wildman–Crippen MR) is 82.8 cm³/mol. The standard InChI is InChI=1S/C17H19NO5/c1-20-13-4-6-14(7-5-13)23-12-15-11-18(8-10-21-15)17(19)16-3-2-9-22-16/h2-7,9,15H,8,10-12H2,1H3. The molecule has 1 aliphatic rings. The van der Waals surface area contributed by atoms with Crippen LogP contribution < -0.4 is 9.47 Å². The fraction of sp³-hybridized carbons (Fsp3) is 0.353. The van der Waals surface area contributed by atoms with Crippen molar-refractivity contribution in [3.05, 3.63) is 48.4 Å².